The number of methoxy groups -OCH3 is 2. The number of amides is 2. The Hall–Kier alpha value is -3.45. The number of benzene rings is 3. The molecule has 3 aromatic rings. The zero-order valence-corrected chi connectivity index (χ0v) is 19.6. The second kappa shape index (κ2) is 12.6. The zero-order chi connectivity index (χ0) is 23.5. The Bertz CT molecular complexity index is 1070. The molecule has 0 radical (unpaired) electrons. The molecule has 7 heteroatoms. The van der Waals surface area contributed by atoms with Gasteiger partial charge in [-0.15, -0.1) is 11.8 Å². The molecule has 0 spiro atoms. The standard InChI is InChI=1S/C26H28N2O4S/c1-31-23-13-12-19(18-24(23)32-2)14-16-27-26(30)21-10-6-7-11-22(21)28-25(29)15-17-33-20-8-4-3-5-9-20/h3-13,18H,14-17H2,1-2H3,(H,27,30)(H,28,29). The van der Waals surface area contributed by atoms with Gasteiger partial charge in [0.15, 0.2) is 11.5 Å². The molecule has 0 aliphatic rings. The molecule has 2 amide bonds. The number of nitrogens with one attached hydrogen (secondary N) is 2. The summed E-state index contributed by atoms with van der Waals surface area (Å²) in [7, 11) is 3.19. The molecule has 3 rings (SSSR count). The summed E-state index contributed by atoms with van der Waals surface area (Å²) in [5, 5.41) is 5.80. The average molecular weight is 465 g/mol. The second-order valence-electron chi connectivity index (χ2n) is 7.20. The highest BCUT2D eigenvalue weighted by molar-refractivity contribution is 7.99. The van der Waals surface area contributed by atoms with E-state index in [1.165, 1.54) is 0 Å². The van der Waals surface area contributed by atoms with E-state index in [1.807, 2.05) is 48.5 Å². The number of rotatable bonds is 11. The van der Waals surface area contributed by atoms with Crippen molar-refractivity contribution in [3.05, 3.63) is 83.9 Å². The first-order chi connectivity index (χ1) is 16.1. The van der Waals surface area contributed by atoms with Crippen LogP contribution in [0, 0.1) is 0 Å². The molecule has 0 aromatic heterocycles. The van der Waals surface area contributed by atoms with Crippen LogP contribution in [0.3, 0.4) is 0 Å². The molecule has 0 bridgehead atoms. The van der Waals surface area contributed by atoms with E-state index in [-0.39, 0.29) is 11.8 Å². The lowest BCUT2D eigenvalue weighted by Crippen LogP contribution is -2.27. The van der Waals surface area contributed by atoms with Gasteiger partial charge in [0.1, 0.15) is 0 Å². The first-order valence-corrected chi connectivity index (χ1v) is 11.6. The van der Waals surface area contributed by atoms with Crippen LogP contribution in [0.4, 0.5) is 5.69 Å². The van der Waals surface area contributed by atoms with Crippen LogP contribution < -0.4 is 20.1 Å². The lowest BCUT2D eigenvalue weighted by molar-refractivity contribution is -0.115. The predicted octanol–water partition coefficient (Wildman–Crippen LogP) is 4.80. The summed E-state index contributed by atoms with van der Waals surface area (Å²) in [6.45, 7) is 0.449. The molecule has 0 unspecified atom stereocenters. The van der Waals surface area contributed by atoms with Crippen LogP contribution >= 0.6 is 11.8 Å². The fraction of sp³-hybridized carbons (Fsp3) is 0.231. The summed E-state index contributed by atoms with van der Waals surface area (Å²) in [6, 6.07) is 22.7. The molecule has 0 saturated heterocycles. The van der Waals surface area contributed by atoms with Gasteiger partial charge in [-0.3, -0.25) is 9.59 Å². The molecule has 0 fully saturated rings. The molecule has 6 nitrogen and oxygen atoms in total. The maximum absolute atomic E-state index is 12.7. The van der Waals surface area contributed by atoms with Gasteiger partial charge in [-0.1, -0.05) is 36.4 Å². The highest BCUT2D eigenvalue weighted by Crippen LogP contribution is 2.27. The Labute approximate surface area is 198 Å². The molecule has 3 aromatic carbocycles. The molecule has 0 heterocycles. The summed E-state index contributed by atoms with van der Waals surface area (Å²) in [5.41, 5.74) is 1.97. The van der Waals surface area contributed by atoms with E-state index in [2.05, 4.69) is 10.6 Å². The largest absolute Gasteiger partial charge is 0.493 e. The smallest absolute Gasteiger partial charge is 0.253 e. The second-order valence-corrected chi connectivity index (χ2v) is 8.37. The quantitative estimate of drug-likeness (QED) is 0.399. The third-order valence-corrected chi connectivity index (χ3v) is 5.95. The Balaban J connectivity index is 1.51. The number of carbonyl (C=O) groups is 2. The summed E-state index contributed by atoms with van der Waals surface area (Å²) in [5.74, 6) is 1.63. The molecular formula is C26H28N2O4S. The van der Waals surface area contributed by atoms with Crippen molar-refractivity contribution in [2.45, 2.75) is 17.7 Å². The third-order valence-electron chi connectivity index (χ3n) is 4.93. The minimum absolute atomic E-state index is 0.121. The van der Waals surface area contributed by atoms with E-state index in [0.29, 0.717) is 47.9 Å². The first-order valence-electron chi connectivity index (χ1n) is 10.7. The van der Waals surface area contributed by atoms with Gasteiger partial charge in [0.05, 0.1) is 25.5 Å². The van der Waals surface area contributed by atoms with E-state index in [1.54, 1.807) is 50.2 Å². The molecular weight excluding hydrogens is 436 g/mol. The molecule has 33 heavy (non-hydrogen) atoms. The number of para-hydroxylation sites is 1. The van der Waals surface area contributed by atoms with Gasteiger partial charge in [0, 0.05) is 23.6 Å². The lowest BCUT2D eigenvalue weighted by atomic mass is 10.1. The minimum atomic E-state index is -0.231. The summed E-state index contributed by atoms with van der Waals surface area (Å²) >= 11 is 1.63. The summed E-state index contributed by atoms with van der Waals surface area (Å²) in [6.07, 6.45) is 0.992. The molecule has 0 aliphatic heterocycles. The van der Waals surface area contributed by atoms with E-state index >= 15 is 0 Å². The number of anilines is 1. The molecule has 2 N–H and O–H groups in total. The van der Waals surface area contributed by atoms with Crippen molar-refractivity contribution in [3.8, 4) is 11.5 Å². The average Bonchev–Trinajstić information content (AvgIpc) is 2.84. The molecule has 0 atom stereocenters. The van der Waals surface area contributed by atoms with Crippen LogP contribution in [0.5, 0.6) is 11.5 Å². The molecule has 0 saturated carbocycles. The Kier molecular flexibility index (Phi) is 9.20. The molecule has 0 aliphatic carbocycles. The number of ether oxygens (including phenoxy) is 2. The van der Waals surface area contributed by atoms with Gasteiger partial charge in [0.2, 0.25) is 5.91 Å². The van der Waals surface area contributed by atoms with Crippen molar-refractivity contribution >= 4 is 29.3 Å². The van der Waals surface area contributed by atoms with Gasteiger partial charge < -0.3 is 20.1 Å². The summed E-state index contributed by atoms with van der Waals surface area (Å²) in [4.78, 5) is 26.3. The van der Waals surface area contributed by atoms with Crippen LogP contribution in [0.1, 0.15) is 22.3 Å². The topological polar surface area (TPSA) is 76.7 Å². The maximum Gasteiger partial charge on any atom is 0.253 e. The Morgan fingerprint density at radius 3 is 2.36 bits per heavy atom. The first kappa shape index (κ1) is 24.2. The fourth-order valence-corrected chi connectivity index (χ4v) is 4.11. The number of carbonyl (C=O) groups excluding carboxylic acids is 2. The number of hydrogen-bond donors (Lipinski definition) is 2. The van der Waals surface area contributed by atoms with Crippen molar-refractivity contribution in [2.75, 3.05) is 31.8 Å². The van der Waals surface area contributed by atoms with Gasteiger partial charge in [-0.2, -0.15) is 0 Å². The van der Waals surface area contributed by atoms with E-state index < -0.39 is 0 Å². The van der Waals surface area contributed by atoms with E-state index in [0.717, 1.165) is 10.5 Å². The predicted molar refractivity (Wildman–Crippen MR) is 132 cm³/mol. The van der Waals surface area contributed by atoms with Crippen molar-refractivity contribution in [3.63, 3.8) is 0 Å². The van der Waals surface area contributed by atoms with Crippen LogP contribution in [0.2, 0.25) is 0 Å². The SMILES string of the molecule is COc1ccc(CCNC(=O)c2ccccc2NC(=O)CCSc2ccccc2)cc1OC. The molecule has 172 valence electrons. The highest BCUT2D eigenvalue weighted by Gasteiger charge is 2.13. The van der Waals surface area contributed by atoms with E-state index in [9.17, 15) is 9.59 Å². The highest BCUT2D eigenvalue weighted by atomic mass is 32.2. The Morgan fingerprint density at radius 1 is 0.879 bits per heavy atom. The zero-order valence-electron chi connectivity index (χ0n) is 18.8. The minimum Gasteiger partial charge on any atom is -0.493 e. The third kappa shape index (κ3) is 7.29. The van der Waals surface area contributed by atoms with Gasteiger partial charge in [-0.05, 0) is 48.4 Å². The number of hydrogen-bond acceptors (Lipinski definition) is 5. The van der Waals surface area contributed by atoms with Crippen LogP contribution in [0.25, 0.3) is 0 Å². The van der Waals surface area contributed by atoms with Gasteiger partial charge in [-0.25, -0.2) is 0 Å². The summed E-state index contributed by atoms with van der Waals surface area (Å²) < 4.78 is 10.6. The lowest BCUT2D eigenvalue weighted by Gasteiger charge is -2.12. The van der Waals surface area contributed by atoms with Crippen LogP contribution in [0.15, 0.2) is 77.7 Å². The maximum atomic E-state index is 12.7. The van der Waals surface area contributed by atoms with Crippen molar-refractivity contribution in [1.82, 2.24) is 5.32 Å². The van der Waals surface area contributed by atoms with Crippen molar-refractivity contribution in [1.29, 1.82) is 0 Å². The monoisotopic (exact) mass is 464 g/mol. The number of thioether (sulfide) groups is 1. The van der Waals surface area contributed by atoms with Crippen LogP contribution in [-0.4, -0.2) is 38.3 Å². The van der Waals surface area contributed by atoms with Crippen molar-refractivity contribution < 1.29 is 19.1 Å². The fourth-order valence-electron chi connectivity index (χ4n) is 3.23. The van der Waals surface area contributed by atoms with Gasteiger partial charge in [0.25, 0.3) is 5.91 Å². The normalized spacial score (nSPS) is 10.4. The van der Waals surface area contributed by atoms with Crippen LogP contribution in [-0.2, 0) is 11.2 Å². The van der Waals surface area contributed by atoms with Crippen molar-refractivity contribution in [2.24, 2.45) is 0 Å². The van der Waals surface area contributed by atoms with Gasteiger partial charge >= 0.3 is 0 Å². The van der Waals surface area contributed by atoms with E-state index in [4.69, 9.17) is 9.47 Å². The Morgan fingerprint density at radius 2 is 1.61 bits per heavy atom.